The van der Waals surface area contributed by atoms with Crippen molar-refractivity contribution in [2.45, 2.75) is 11.6 Å². The number of sulfonamides is 1. The Morgan fingerprint density at radius 3 is 2.78 bits per heavy atom. The highest BCUT2D eigenvalue weighted by molar-refractivity contribution is 7.89. The Balaban J connectivity index is 2.19. The number of nitrogens with zero attached hydrogens (tertiary/aromatic N) is 4. The molecule has 3 N–H and O–H groups in total. The maximum absolute atomic E-state index is 12.0. The number of imidazole rings is 1. The van der Waals surface area contributed by atoms with Gasteiger partial charge >= 0.3 is 0 Å². The third kappa shape index (κ3) is 2.46. The van der Waals surface area contributed by atoms with E-state index in [0.29, 0.717) is 5.69 Å². The fourth-order valence-electron chi connectivity index (χ4n) is 1.42. The van der Waals surface area contributed by atoms with Crippen LogP contribution >= 0.6 is 0 Å². The minimum atomic E-state index is -3.71. The van der Waals surface area contributed by atoms with Crippen LogP contribution in [0.2, 0.25) is 0 Å². The predicted octanol–water partition coefficient (Wildman–Crippen LogP) is -0.729. The molecule has 0 radical (unpaired) electrons. The van der Waals surface area contributed by atoms with Gasteiger partial charge in [-0.05, 0) is 6.07 Å². The first-order valence-electron chi connectivity index (χ1n) is 5.02. The Labute approximate surface area is 104 Å². The largest absolute Gasteiger partial charge is 0.381 e. The second kappa shape index (κ2) is 4.70. The van der Waals surface area contributed by atoms with Gasteiger partial charge in [0.05, 0.1) is 18.6 Å². The smallest absolute Gasteiger partial charge is 0.260 e. The molecule has 0 aliphatic heterocycles. The molecule has 0 bridgehead atoms. The molecule has 0 aromatic carbocycles. The molecule has 0 aliphatic carbocycles. The van der Waals surface area contributed by atoms with Gasteiger partial charge in [0.1, 0.15) is 6.33 Å². The number of anilines is 1. The molecule has 0 atom stereocenters. The van der Waals surface area contributed by atoms with E-state index in [4.69, 9.17) is 5.73 Å². The van der Waals surface area contributed by atoms with Crippen molar-refractivity contribution in [1.29, 1.82) is 0 Å². The summed E-state index contributed by atoms with van der Waals surface area (Å²) < 4.78 is 27.8. The van der Waals surface area contributed by atoms with Crippen LogP contribution in [0.4, 0.5) is 5.82 Å². The van der Waals surface area contributed by atoms with Crippen LogP contribution in [0.25, 0.3) is 0 Å². The normalized spacial score (nSPS) is 11.6. The van der Waals surface area contributed by atoms with Crippen molar-refractivity contribution in [3.05, 3.63) is 30.6 Å². The zero-order valence-corrected chi connectivity index (χ0v) is 10.4. The van der Waals surface area contributed by atoms with Crippen LogP contribution in [-0.4, -0.2) is 27.9 Å². The molecule has 0 fully saturated rings. The Morgan fingerprint density at radius 2 is 2.22 bits per heavy atom. The van der Waals surface area contributed by atoms with Crippen molar-refractivity contribution < 1.29 is 8.42 Å². The molecule has 2 heterocycles. The van der Waals surface area contributed by atoms with Crippen LogP contribution in [-0.2, 0) is 23.6 Å². The fourth-order valence-corrected chi connectivity index (χ4v) is 2.65. The Bertz CT molecular complexity index is 617. The summed E-state index contributed by atoms with van der Waals surface area (Å²) >= 11 is 0. The maximum Gasteiger partial charge on any atom is 0.260 e. The van der Waals surface area contributed by atoms with Crippen molar-refractivity contribution >= 4 is 15.8 Å². The van der Waals surface area contributed by atoms with Crippen molar-refractivity contribution in [3.8, 4) is 0 Å². The van der Waals surface area contributed by atoms with Gasteiger partial charge < -0.3 is 10.3 Å². The van der Waals surface area contributed by atoms with Gasteiger partial charge in [-0.2, -0.15) is 0 Å². The number of aromatic nitrogens is 4. The average Bonchev–Trinajstić information content (AvgIpc) is 2.69. The molecule has 9 heteroatoms. The van der Waals surface area contributed by atoms with Gasteiger partial charge in [0.15, 0.2) is 10.8 Å². The van der Waals surface area contributed by atoms with Crippen molar-refractivity contribution in [2.24, 2.45) is 7.05 Å². The topological polar surface area (TPSA) is 116 Å². The van der Waals surface area contributed by atoms with Crippen LogP contribution in [0, 0.1) is 0 Å². The third-order valence-electron chi connectivity index (χ3n) is 2.25. The van der Waals surface area contributed by atoms with Gasteiger partial charge in [-0.15, -0.1) is 0 Å². The standard InChI is InChI=1S/C9H12N6O2S/c1-15-6-13-8(10)9(15)18(16,17)14-4-7-2-3-11-5-12-7/h2-3,5-6,14H,4,10H2,1H3. The lowest BCUT2D eigenvalue weighted by atomic mass is 10.4. The first-order valence-corrected chi connectivity index (χ1v) is 6.50. The van der Waals surface area contributed by atoms with Crippen LogP contribution < -0.4 is 10.5 Å². The number of hydrogen-bond donors (Lipinski definition) is 2. The molecule has 2 aromatic rings. The van der Waals surface area contributed by atoms with E-state index in [1.54, 1.807) is 13.1 Å². The van der Waals surface area contributed by atoms with E-state index in [1.807, 2.05) is 0 Å². The molecule has 0 spiro atoms. The summed E-state index contributed by atoms with van der Waals surface area (Å²) in [6.07, 6.45) is 4.23. The summed E-state index contributed by atoms with van der Waals surface area (Å²) in [7, 11) is -2.15. The Hall–Kier alpha value is -2.00. The average molecular weight is 268 g/mol. The third-order valence-corrected chi connectivity index (χ3v) is 3.78. The number of rotatable bonds is 4. The van der Waals surface area contributed by atoms with E-state index < -0.39 is 10.0 Å². The number of nitrogens with two attached hydrogens (primary N) is 1. The summed E-state index contributed by atoms with van der Waals surface area (Å²) in [6, 6.07) is 1.62. The van der Waals surface area contributed by atoms with Crippen molar-refractivity contribution in [1.82, 2.24) is 24.2 Å². The van der Waals surface area contributed by atoms with E-state index in [-0.39, 0.29) is 17.4 Å². The molecule has 0 aliphatic rings. The van der Waals surface area contributed by atoms with E-state index in [0.717, 1.165) is 0 Å². The molecular formula is C9H12N6O2S. The van der Waals surface area contributed by atoms with Crippen LogP contribution in [0.5, 0.6) is 0 Å². The maximum atomic E-state index is 12.0. The Morgan fingerprint density at radius 1 is 1.44 bits per heavy atom. The van der Waals surface area contributed by atoms with Gasteiger partial charge in [0, 0.05) is 13.2 Å². The van der Waals surface area contributed by atoms with Gasteiger partial charge in [-0.1, -0.05) is 0 Å². The molecule has 96 valence electrons. The lowest BCUT2D eigenvalue weighted by Gasteiger charge is -2.07. The van der Waals surface area contributed by atoms with Gasteiger partial charge in [0.25, 0.3) is 10.0 Å². The number of nitrogen functional groups attached to an aromatic ring is 1. The van der Waals surface area contributed by atoms with Crippen LogP contribution in [0.1, 0.15) is 5.69 Å². The van der Waals surface area contributed by atoms with E-state index in [2.05, 4.69) is 19.7 Å². The molecule has 0 saturated carbocycles. The van der Waals surface area contributed by atoms with E-state index in [1.165, 1.54) is 23.4 Å². The predicted molar refractivity (Wildman–Crippen MR) is 63.7 cm³/mol. The lowest BCUT2D eigenvalue weighted by Crippen LogP contribution is -2.26. The minimum Gasteiger partial charge on any atom is -0.381 e. The summed E-state index contributed by atoms with van der Waals surface area (Å²) in [5.74, 6) is -0.0345. The zero-order valence-electron chi connectivity index (χ0n) is 9.61. The quantitative estimate of drug-likeness (QED) is 0.755. The van der Waals surface area contributed by atoms with Gasteiger partial charge in [-0.25, -0.2) is 28.1 Å². The molecule has 8 nitrogen and oxygen atoms in total. The summed E-state index contributed by atoms with van der Waals surface area (Å²) in [5.41, 5.74) is 6.08. The van der Waals surface area contributed by atoms with E-state index in [9.17, 15) is 8.42 Å². The van der Waals surface area contributed by atoms with E-state index >= 15 is 0 Å². The second-order valence-corrected chi connectivity index (χ2v) is 5.25. The number of hydrogen-bond acceptors (Lipinski definition) is 6. The van der Waals surface area contributed by atoms with Crippen LogP contribution in [0.15, 0.2) is 29.9 Å². The van der Waals surface area contributed by atoms with Crippen molar-refractivity contribution in [2.75, 3.05) is 5.73 Å². The van der Waals surface area contributed by atoms with Gasteiger partial charge in [-0.3, -0.25) is 0 Å². The van der Waals surface area contributed by atoms with Crippen molar-refractivity contribution in [3.63, 3.8) is 0 Å². The number of nitrogens with one attached hydrogen (secondary N) is 1. The molecule has 2 aromatic heterocycles. The molecule has 18 heavy (non-hydrogen) atoms. The molecule has 2 rings (SSSR count). The first kappa shape index (κ1) is 12.5. The molecule has 0 amide bonds. The molecule has 0 saturated heterocycles. The SMILES string of the molecule is Cn1cnc(N)c1S(=O)(=O)NCc1ccncn1. The Kier molecular flexibility index (Phi) is 3.26. The van der Waals surface area contributed by atoms with Crippen LogP contribution in [0.3, 0.4) is 0 Å². The zero-order chi connectivity index (χ0) is 13.2. The highest BCUT2D eigenvalue weighted by Gasteiger charge is 2.21. The minimum absolute atomic E-state index is 0.0345. The summed E-state index contributed by atoms with van der Waals surface area (Å²) in [4.78, 5) is 11.4. The second-order valence-electron chi connectivity index (χ2n) is 3.57. The molecular weight excluding hydrogens is 256 g/mol. The lowest BCUT2D eigenvalue weighted by molar-refractivity contribution is 0.570. The fraction of sp³-hybridized carbons (Fsp3) is 0.222. The highest BCUT2D eigenvalue weighted by atomic mass is 32.2. The van der Waals surface area contributed by atoms with Gasteiger partial charge in [0.2, 0.25) is 0 Å². The number of aryl methyl sites for hydroxylation is 1. The summed E-state index contributed by atoms with van der Waals surface area (Å²) in [6.45, 7) is 0.0650. The monoisotopic (exact) mass is 268 g/mol. The highest BCUT2D eigenvalue weighted by Crippen LogP contribution is 2.15. The molecule has 0 unspecified atom stereocenters. The summed E-state index contributed by atoms with van der Waals surface area (Å²) in [5, 5.41) is -0.0587. The first-order chi connectivity index (χ1) is 8.50.